The van der Waals surface area contributed by atoms with E-state index in [4.69, 9.17) is 23.2 Å². The molecule has 0 amide bonds. The monoisotopic (exact) mass is 427 g/mol. The number of fused-ring (bicyclic) bond motifs is 1. The standard InChI is InChI=1S/C23H16Cl2FNO2/c1-27-21-9-7-16(24)12-17(21)22(28)18(23(27)29)10-13-2-4-14(5-3-13)15-6-8-20(26)19(25)11-15/h2-9,11-12,28H,10H2,1H3. The molecule has 0 spiro atoms. The average Bonchev–Trinajstić information content (AvgIpc) is 2.72. The summed E-state index contributed by atoms with van der Waals surface area (Å²) in [6.45, 7) is 0. The van der Waals surface area contributed by atoms with Gasteiger partial charge in [0.25, 0.3) is 5.56 Å². The van der Waals surface area contributed by atoms with Gasteiger partial charge >= 0.3 is 0 Å². The Kier molecular flexibility index (Phi) is 5.07. The summed E-state index contributed by atoms with van der Waals surface area (Å²) in [5.41, 5.74) is 3.19. The highest BCUT2D eigenvalue weighted by Crippen LogP contribution is 2.30. The van der Waals surface area contributed by atoms with Gasteiger partial charge in [0.1, 0.15) is 11.6 Å². The molecule has 0 aliphatic heterocycles. The largest absolute Gasteiger partial charge is 0.507 e. The van der Waals surface area contributed by atoms with E-state index in [0.717, 1.165) is 16.7 Å². The van der Waals surface area contributed by atoms with Crippen LogP contribution in [0, 0.1) is 5.82 Å². The van der Waals surface area contributed by atoms with Gasteiger partial charge in [-0.15, -0.1) is 0 Å². The van der Waals surface area contributed by atoms with E-state index in [9.17, 15) is 14.3 Å². The second kappa shape index (κ2) is 7.54. The van der Waals surface area contributed by atoms with Gasteiger partial charge in [-0.25, -0.2) is 4.39 Å². The van der Waals surface area contributed by atoms with Crippen LogP contribution in [0.5, 0.6) is 5.75 Å². The predicted octanol–water partition coefficient (Wildman–Crippen LogP) is 5.95. The van der Waals surface area contributed by atoms with Crippen LogP contribution < -0.4 is 5.56 Å². The molecule has 0 saturated heterocycles. The average molecular weight is 428 g/mol. The van der Waals surface area contributed by atoms with E-state index in [0.29, 0.717) is 21.5 Å². The lowest BCUT2D eigenvalue weighted by atomic mass is 9.99. The normalized spacial score (nSPS) is 11.2. The Balaban J connectivity index is 1.72. The van der Waals surface area contributed by atoms with Gasteiger partial charge in [0.15, 0.2) is 0 Å². The Hall–Kier alpha value is -2.82. The van der Waals surface area contributed by atoms with Gasteiger partial charge in [-0.3, -0.25) is 4.79 Å². The molecule has 1 heterocycles. The minimum atomic E-state index is -0.463. The summed E-state index contributed by atoms with van der Waals surface area (Å²) in [7, 11) is 1.67. The minimum Gasteiger partial charge on any atom is -0.507 e. The SMILES string of the molecule is Cn1c(=O)c(Cc2ccc(-c3ccc(F)c(Cl)c3)cc2)c(O)c2cc(Cl)ccc21. The third-order valence-electron chi connectivity index (χ3n) is 5.01. The second-order valence-corrected chi connectivity index (χ2v) is 7.70. The maximum Gasteiger partial charge on any atom is 0.258 e. The molecular formula is C23H16Cl2FNO2. The van der Waals surface area contributed by atoms with Gasteiger partial charge < -0.3 is 9.67 Å². The third kappa shape index (κ3) is 3.61. The van der Waals surface area contributed by atoms with E-state index in [1.165, 1.54) is 10.6 Å². The van der Waals surface area contributed by atoms with Gasteiger partial charge in [0.2, 0.25) is 0 Å². The van der Waals surface area contributed by atoms with Crippen molar-refractivity contribution in [3.63, 3.8) is 0 Å². The van der Waals surface area contributed by atoms with Gasteiger partial charge in [-0.05, 0) is 47.0 Å². The lowest BCUT2D eigenvalue weighted by Crippen LogP contribution is -2.21. The van der Waals surface area contributed by atoms with E-state index < -0.39 is 5.82 Å². The predicted molar refractivity (Wildman–Crippen MR) is 116 cm³/mol. The highest BCUT2D eigenvalue weighted by molar-refractivity contribution is 6.31. The fraction of sp³-hybridized carbons (Fsp3) is 0.0870. The van der Waals surface area contributed by atoms with Crippen LogP contribution in [-0.4, -0.2) is 9.67 Å². The Morgan fingerprint density at radius 2 is 1.66 bits per heavy atom. The van der Waals surface area contributed by atoms with Gasteiger partial charge in [0, 0.05) is 23.9 Å². The lowest BCUT2D eigenvalue weighted by Gasteiger charge is -2.12. The highest BCUT2D eigenvalue weighted by Gasteiger charge is 2.15. The molecule has 3 aromatic carbocycles. The molecule has 0 unspecified atom stereocenters. The van der Waals surface area contributed by atoms with E-state index in [2.05, 4.69) is 0 Å². The molecule has 1 N–H and O–H groups in total. The van der Waals surface area contributed by atoms with Crippen molar-refractivity contribution >= 4 is 34.1 Å². The summed E-state index contributed by atoms with van der Waals surface area (Å²) >= 11 is 11.9. The number of benzene rings is 3. The number of aromatic hydroxyl groups is 1. The van der Waals surface area contributed by atoms with E-state index in [1.807, 2.05) is 24.3 Å². The van der Waals surface area contributed by atoms with Crippen molar-refractivity contribution in [2.24, 2.45) is 7.05 Å². The second-order valence-electron chi connectivity index (χ2n) is 6.86. The first-order valence-electron chi connectivity index (χ1n) is 8.89. The molecule has 0 bridgehead atoms. The molecule has 0 radical (unpaired) electrons. The van der Waals surface area contributed by atoms with Crippen molar-refractivity contribution in [1.29, 1.82) is 0 Å². The number of halogens is 3. The van der Waals surface area contributed by atoms with Crippen molar-refractivity contribution in [2.75, 3.05) is 0 Å². The summed E-state index contributed by atoms with van der Waals surface area (Å²) in [5.74, 6) is -0.519. The molecule has 3 nitrogen and oxygen atoms in total. The van der Waals surface area contributed by atoms with Crippen molar-refractivity contribution in [2.45, 2.75) is 6.42 Å². The minimum absolute atomic E-state index is 0.0556. The van der Waals surface area contributed by atoms with Gasteiger partial charge in [-0.2, -0.15) is 0 Å². The van der Waals surface area contributed by atoms with Crippen LogP contribution in [0.4, 0.5) is 4.39 Å². The van der Waals surface area contributed by atoms with Crippen molar-refractivity contribution in [3.05, 3.63) is 98.0 Å². The van der Waals surface area contributed by atoms with E-state index >= 15 is 0 Å². The number of hydrogen-bond acceptors (Lipinski definition) is 2. The summed E-state index contributed by atoms with van der Waals surface area (Å²) in [6, 6.07) is 17.1. The molecule has 1 aromatic heterocycles. The van der Waals surface area contributed by atoms with Crippen LogP contribution >= 0.6 is 23.2 Å². The topological polar surface area (TPSA) is 42.2 Å². The van der Waals surface area contributed by atoms with Gasteiger partial charge in [-0.1, -0.05) is 53.5 Å². The molecular weight excluding hydrogens is 412 g/mol. The summed E-state index contributed by atoms with van der Waals surface area (Å²) in [4.78, 5) is 12.8. The van der Waals surface area contributed by atoms with Crippen LogP contribution in [0.3, 0.4) is 0 Å². The lowest BCUT2D eigenvalue weighted by molar-refractivity contribution is 0.473. The molecule has 29 heavy (non-hydrogen) atoms. The van der Waals surface area contributed by atoms with E-state index in [-0.39, 0.29) is 22.8 Å². The third-order valence-corrected chi connectivity index (χ3v) is 5.54. The maximum absolute atomic E-state index is 13.4. The quantitative estimate of drug-likeness (QED) is 0.438. The summed E-state index contributed by atoms with van der Waals surface area (Å²) in [6.07, 6.45) is 0.269. The number of nitrogens with zero attached hydrogens (tertiary/aromatic N) is 1. The molecule has 0 saturated carbocycles. The molecule has 0 fully saturated rings. The zero-order chi connectivity index (χ0) is 20.7. The van der Waals surface area contributed by atoms with Crippen LogP contribution in [0.2, 0.25) is 10.0 Å². The summed E-state index contributed by atoms with van der Waals surface area (Å²) < 4.78 is 14.9. The number of hydrogen-bond donors (Lipinski definition) is 1. The Morgan fingerprint density at radius 1 is 0.966 bits per heavy atom. The smallest absolute Gasteiger partial charge is 0.258 e. The zero-order valence-electron chi connectivity index (χ0n) is 15.4. The fourth-order valence-corrected chi connectivity index (χ4v) is 3.77. The first-order chi connectivity index (χ1) is 13.8. The van der Waals surface area contributed by atoms with Crippen molar-refractivity contribution in [1.82, 2.24) is 4.57 Å². The number of aryl methyl sites for hydroxylation is 1. The zero-order valence-corrected chi connectivity index (χ0v) is 16.9. The Labute approximate surface area is 176 Å². The molecule has 4 rings (SSSR count). The van der Waals surface area contributed by atoms with Crippen LogP contribution in [0.25, 0.3) is 22.0 Å². The van der Waals surface area contributed by atoms with Crippen LogP contribution in [0.1, 0.15) is 11.1 Å². The highest BCUT2D eigenvalue weighted by atomic mass is 35.5. The first-order valence-corrected chi connectivity index (χ1v) is 9.65. The number of aromatic nitrogens is 1. The number of pyridine rings is 1. The summed E-state index contributed by atoms with van der Waals surface area (Å²) in [5, 5.41) is 11.8. The van der Waals surface area contributed by atoms with Crippen molar-refractivity contribution in [3.8, 4) is 16.9 Å². The first kappa shape index (κ1) is 19.5. The Morgan fingerprint density at radius 3 is 2.34 bits per heavy atom. The molecule has 0 atom stereocenters. The molecule has 0 aliphatic carbocycles. The molecule has 6 heteroatoms. The van der Waals surface area contributed by atoms with Crippen LogP contribution in [0.15, 0.2) is 65.5 Å². The Bertz CT molecular complexity index is 1300. The fourth-order valence-electron chi connectivity index (χ4n) is 3.42. The molecule has 4 aromatic rings. The molecule has 146 valence electrons. The number of rotatable bonds is 3. The van der Waals surface area contributed by atoms with Crippen LogP contribution in [-0.2, 0) is 13.5 Å². The van der Waals surface area contributed by atoms with Crippen molar-refractivity contribution < 1.29 is 9.50 Å². The van der Waals surface area contributed by atoms with E-state index in [1.54, 1.807) is 37.4 Å². The molecule has 0 aliphatic rings. The maximum atomic E-state index is 13.4. The van der Waals surface area contributed by atoms with Gasteiger partial charge in [0.05, 0.1) is 16.1 Å².